The van der Waals surface area contributed by atoms with Crippen LogP contribution in [0.15, 0.2) is 30.3 Å². The predicted molar refractivity (Wildman–Crippen MR) is 116 cm³/mol. The van der Waals surface area contributed by atoms with Crippen LogP contribution in [0.2, 0.25) is 0 Å². The monoisotopic (exact) mass is 423 g/mol. The molecule has 2 heterocycles. The first-order valence-electron chi connectivity index (χ1n) is 11.2. The standard InChI is InChI=1S/C23H29N5O3/c1-14-6-2-5-9-19(14)31-13-21(29)25-20-12-18(15-10-11-15)27-28(20)23-24-17-8-4-3-7-16(17)22(30)26-23/h2,5-6,9,12,15-17,23-24H,3-4,7-8,10-11,13H2,1H3,(H,25,29)(H,26,30). The van der Waals surface area contributed by atoms with Crippen molar-refractivity contribution in [1.82, 2.24) is 20.4 Å². The van der Waals surface area contributed by atoms with Gasteiger partial charge in [-0.05, 0) is 44.2 Å². The molecule has 0 radical (unpaired) electrons. The second kappa shape index (κ2) is 8.34. The summed E-state index contributed by atoms with van der Waals surface area (Å²) in [4.78, 5) is 25.3. The molecule has 1 aliphatic heterocycles. The number of carbonyl (C=O) groups excluding carboxylic acids is 2. The van der Waals surface area contributed by atoms with Crippen molar-refractivity contribution in [2.75, 3.05) is 11.9 Å². The number of carbonyl (C=O) groups is 2. The molecule has 0 bridgehead atoms. The highest BCUT2D eigenvalue weighted by Crippen LogP contribution is 2.40. The van der Waals surface area contributed by atoms with E-state index in [-0.39, 0.29) is 30.4 Å². The molecular weight excluding hydrogens is 394 g/mol. The third-order valence-electron chi connectivity index (χ3n) is 6.47. The van der Waals surface area contributed by atoms with Gasteiger partial charge in [0.15, 0.2) is 12.9 Å². The maximum Gasteiger partial charge on any atom is 0.263 e. The minimum Gasteiger partial charge on any atom is -0.483 e. The molecule has 3 atom stereocenters. The number of aromatic nitrogens is 2. The van der Waals surface area contributed by atoms with E-state index >= 15 is 0 Å². The van der Waals surface area contributed by atoms with Crippen LogP contribution in [0.1, 0.15) is 62.0 Å². The zero-order valence-corrected chi connectivity index (χ0v) is 17.8. The number of ether oxygens (including phenoxy) is 1. The highest BCUT2D eigenvalue weighted by atomic mass is 16.5. The summed E-state index contributed by atoms with van der Waals surface area (Å²) in [5, 5.41) is 14.3. The summed E-state index contributed by atoms with van der Waals surface area (Å²) in [5.41, 5.74) is 1.93. The second-order valence-electron chi connectivity index (χ2n) is 8.85. The molecule has 2 saturated carbocycles. The molecule has 3 N–H and O–H groups in total. The van der Waals surface area contributed by atoms with Gasteiger partial charge in [0.2, 0.25) is 5.91 Å². The topological polar surface area (TPSA) is 97.3 Å². The lowest BCUT2D eigenvalue weighted by atomic mass is 9.83. The molecule has 3 fully saturated rings. The zero-order valence-electron chi connectivity index (χ0n) is 17.8. The normalized spacial score (nSPS) is 25.5. The fourth-order valence-electron chi connectivity index (χ4n) is 4.58. The SMILES string of the molecule is Cc1ccccc1OCC(=O)Nc1cc(C2CC2)nn1C1NC(=O)C2CCCCC2N1. The summed E-state index contributed by atoms with van der Waals surface area (Å²) >= 11 is 0. The summed E-state index contributed by atoms with van der Waals surface area (Å²) in [6.07, 6.45) is 5.87. The lowest BCUT2D eigenvalue weighted by Gasteiger charge is -2.40. The average Bonchev–Trinajstić information content (AvgIpc) is 3.54. The molecule has 8 heteroatoms. The van der Waals surface area contributed by atoms with Crippen LogP contribution >= 0.6 is 0 Å². The van der Waals surface area contributed by atoms with Gasteiger partial charge in [-0.3, -0.25) is 14.9 Å². The van der Waals surface area contributed by atoms with Gasteiger partial charge in [-0.25, -0.2) is 4.68 Å². The van der Waals surface area contributed by atoms with Crippen molar-refractivity contribution >= 4 is 17.6 Å². The molecule has 3 unspecified atom stereocenters. The van der Waals surface area contributed by atoms with E-state index in [0.717, 1.165) is 49.8 Å². The van der Waals surface area contributed by atoms with Gasteiger partial charge in [-0.1, -0.05) is 31.0 Å². The van der Waals surface area contributed by atoms with Crippen molar-refractivity contribution in [3.63, 3.8) is 0 Å². The van der Waals surface area contributed by atoms with Gasteiger partial charge >= 0.3 is 0 Å². The molecule has 2 amide bonds. The molecule has 1 saturated heterocycles. The van der Waals surface area contributed by atoms with E-state index in [0.29, 0.717) is 17.5 Å². The molecule has 5 rings (SSSR count). The lowest BCUT2D eigenvalue weighted by Crippen LogP contribution is -2.59. The third kappa shape index (κ3) is 4.30. The van der Waals surface area contributed by atoms with Crippen molar-refractivity contribution in [1.29, 1.82) is 0 Å². The minimum absolute atomic E-state index is 0.0176. The van der Waals surface area contributed by atoms with Crippen LogP contribution in [0.5, 0.6) is 5.75 Å². The fraction of sp³-hybridized carbons (Fsp3) is 0.522. The Bertz CT molecular complexity index is 983. The summed E-state index contributed by atoms with van der Waals surface area (Å²) < 4.78 is 7.39. The van der Waals surface area contributed by atoms with Crippen molar-refractivity contribution in [2.24, 2.45) is 5.92 Å². The first-order chi connectivity index (χ1) is 15.1. The maximum atomic E-state index is 12.7. The van der Waals surface area contributed by atoms with Gasteiger partial charge < -0.3 is 15.4 Å². The fourth-order valence-corrected chi connectivity index (χ4v) is 4.58. The Hall–Kier alpha value is -2.87. The second-order valence-corrected chi connectivity index (χ2v) is 8.85. The first-order valence-corrected chi connectivity index (χ1v) is 11.2. The molecule has 1 aromatic heterocycles. The van der Waals surface area contributed by atoms with Crippen LogP contribution in [-0.2, 0) is 9.59 Å². The van der Waals surface area contributed by atoms with Crippen molar-refractivity contribution < 1.29 is 14.3 Å². The molecule has 0 spiro atoms. The number of aryl methyl sites for hydroxylation is 1. The van der Waals surface area contributed by atoms with Gasteiger partial charge in [0.1, 0.15) is 11.6 Å². The van der Waals surface area contributed by atoms with Crippen LogP contribution in [0, 0.1) is 12.8 Å². The molecule has 1 aromatic carbocycles. The largest absolute Gasteiger partial charge is 0.483 e. The number of nitrogens with one attached hydrogen (secondary N) is 3. The average molecular weight is 424 g/mol. The first kappa shape index (κ1) is 20.1. The van der Waals surface area contributed by atoms with Gasteiger partial charge in [-0.15, -0.1) is 0 Å². The quantitative estimate of drug-likeness (QED) is 0.664. The summed E-state index contributed by atoms with van der Waals surface area (Å²) in [7, 11) is 0. The number of amides is 2. The maximum absolute atomic E-state index is 12.7. The number of hydrogen-bond acceptors (Lipinski definition) is 5. The summed E-state index contributed by atoms with van der Waals surface area (Å²) in [5.74, 6) is 1.52. The smallest absolute Gasteiger partial charge is 0.263 e. The van der Waals surface area contributed by atoms with Crippen molar-refractivity contribution in [2.45, 2.75) is 63.7 Å². The Morgan fingerprint density at radius 1 is 1.23 bits per heavy atom. The highest BCUT2D eigenvalue weighted by Gasteiger charge is 2.39. The number of anilines is 1. The Kier molecular flexibility index (Phi) is 5.40. The summed E-state index contributed by atoms with van der Waals surface area (Å²) in [6, 6.07) is 9.68. The van der Waals surface area contributed by atoms with E-state index in [1.54, 1.807) is 4.68 Å². The Morgan fingerprint density at radius 2 is 2.03 bits per heavy atom. The highest BCUT2D eigenvalue weighted by molar-refractivity contribution is 5.91. The van der Waals surface area contributed by atoms with E-state index in [1.807, 2.05) is 37.3 Å². The Balaban J connectivity index is 1.31. The Morgan fingerprint density at radius 3 is 2.84 bits per heavy atom. The van der Waals surface area contributed by atoms with Crippen LogP contribution in [0.25, 0.3) is 0 Å². The molecule has 164 valence electrons. The van der Waals surface area contributed by atoms with Gasteiger partial charge in [0.05, 0.1) is 11.6 Å². The van der Waals surface area contributed by atoms with E-state index < -0.39 is 6.29 Å². The summed E-state index contributed by atoms with van der Waals surface area (Å²) in [6.45, 7) is 1.85. The van der Waals surface area contributed by atoms with Crippen LogP contribution in [-0.4, -0.2) is 34.2 Å². The molecule has 8 nitrogen and oxygen atoms in total. The van der Waals surface area contributed by atoms with E-state index in [1.165, 1.54) is 0 Å². The molecular formula is C23H29N5O3. The van der Waals surface area contributed by atoms with E-state index in [4.69, 9.17) is 9.84 Å². The zero-order chi connectivity index (χ0) is 21.4. The Labute approximate surface area is 181 Å². The van der Waals surface area contributed by atoms with Gasteiger partial charge in [-0.2, -0.15) is 5.10 Å². The molecule has 31 heavy (non-hydrogen) atoms. The third-order valence-corrected chi connectivity index (χ3v) is 6.47. The lowest BCUT2D eigenvalue weighted by molar-refractivity contribution is -0.132. The number of hydrogen-bond donors (Lipinski definition) is 3. The number of fused-ring (bicyclic) bond motifs is 1. The van der Waals surface area contributed by atoms with Crippen molar-refractivity contribution in [3.8, 4) is 5.75 Å². The predicted octanol–water partition coefficient (Wildman–Crippen LogP) is 2.82. The van der Waals surface area contributed by atoms with E-state index in [9.17, 15) is 9.59 Å². The van der Waals surface area contributed by atoms with Gasteiger partial charge in [0, 0.05) is 18.0 Å². The molecule has 2 aromatic rings. The van der Waals surface area contributed by atoms with Crippen LogP contribution in [0.4, 0.5) is 5.82 Å². The minimum atomic E-state index is -0.466. The molecule has 2 aliphatic carbocycles. The van der Waals surface area contributed by atoms with Gasteiger partial charge in [0.25, 0.3) is 5.91 Å². The van der Waals surface area contributed by atoms with E-state index in [2.05, 4.69) is 16.0 Å². The number of rotatable bonds is 6. The number of benzene rings is 1. The van der Waals surface area contributed by atoms with Crippen LogP contribution < -0.4 is 20.7 Å². The molecule has 3 aliphatic rings. The number of nitrogens with zero attached hydrogens (tertiary/aromatic N) is 2. The number of para-hydroxylation sites is 1. The van der Waals surface area contributed by atoms with Crippen LogP contribution in [0.3, 0.4) is 0 Å². The van der Waals surface area contributed by atoms with Crippen molar-refractivity contribution in [3.05, 3.63) is 41.6 Å².